The molecule has 1 amide bonds. The van der Waals surface area contributed by atoms with Crippen LogP contribution in [0.3, 0.4) is 0 Å². The minimum atomic E-state index is -0.396. The van der Waals surface area contributed by atoms with Crippen molar-refractivity contribution in [1.82, 2.24) is 14.7 Å². The Balaban J connectivity index is 1.71. The molecule has 0 radical (unpaired) electrons. The van der Waals surface area contributed by atoms with Gasteiger partial charge in [-0.2, -0.15) is 5.10 Å². The minimum Gasteiger partial charge on any atom is -0.377 e. The SMILES string of the molecule is C[C@@H](C(=O)N1CCOC[C@H]1CC(=O)c1ccccc1)n1cccn1. The highest BCUT2D eigenvalue weighted by Crippen LogP contribution is 2.18. The number of hydrogen-bond acceptors (Lipinski definition) is 4. The lowest BCUT2D eigenvalue weighted by molar-refractivity contribution is -0.143. The van der Waals surface area contributed by atoms with E-state index in [0.29, 0.717) is 25.3 Å². The first-order chi connectivity index (χ1) is 11.7. The van der Waals surface area contributed by atoms with Crippen molar-refractivity contribution in [2.75, 3.05) is 19.8 Å². The Morgan fingerprint density at radius 2 is 2.08 bits per heavy atom. The zero-order chi connectivity index (χ0) is 16.9. The second-order valence-electron chi connectivity index (χ2n) is 5.92. The molecule has 1 saturated heterocycles. The van der Waals surface area contributed by atoms with Gasteiger partial charge >= 0.3 is 0 Å². The summed E-state index contributed by atoms with van der Waals surface area (Å²) in [6.45, 7) is 3.20. The molecule has 0 unspecified atom stereocenters. The van der Waals surface area contributed by atoms with Crippen LogP contribution in [0.25, 0.3) is 0 Å². The van der Waals surface area contributed by atoms with Crippen LogP contribution in [0.4, 0.5) is 0 Å². The molecule has 1 aromatic heterocycles. The van der Waals surface area contributed by atoms with E-state index < -0.39 is 6.04 Å². The van der Waals surface area contributed by atoms with Crippen LogP contribution in [-0.2, 0) is 9.53 Å². The van der Waals surface area contributed by atoms with Crippen molar-refractivity contribution in [3.63, 3.8) is 0 Å². The van der Waals surface area contributed by atoms with Crippen LogP contribution in [0.15, 0.2) is 48.8 Å². The van der Waals surface area contributed by atoms with E-state index in [1.165, 1.54) is 0 Å². The molecule has 2 heterocycles. The second kappa shape index (κ2) is 7.40. The van der Waals surface area contributed by atoms with Gasteiger partial charge in [-0.15, -0.1) is 0 Å². The number of amides is 1. The van der Waals surface area contributed by atoms with Crippen molar-refractivity contribution in [2.24, 2.45) is 0 Å². The smallest absolute Gasteiger partial charge is 0.247 e. The van der Waals surface area contributed by atoms with Crippen LogP contribution in [0.2, 0.25) is 0 Å². The number of carbonyl (C=O) groups is 2. The zero-order valence-corrected chi connectivity index (χ0v) is 13.7. The molecular weight excluding hydrogens is 306 g/mol. The Morgan fingerprint density at radius 3 is 2.79 bits per heavy atom. The van der Waals surface area contributed by atoms with Gasteiger partial charge in [0.15, 0.2) is 5.78 Å². The summed E-state index contributed by atoms with van der Waals surface area (Å²) >= 11 is 0. The molecule has 0 spiro atoms. The van der Waals surface area contributed by atoms with Gasteiger partial charge in [0.05, 0.1) is 19.3 Å². The fraction of sp³-hybridized carbons (Fsp3) is 0.389. The van der Waals surface area contributed by atoms with Gasteiger partial charge in [-0.3, -0.25) is 14.3 Å². The summed E-state index contributed by atoms with van der Waals surface area (Å²) in [4.78, 5) is 27.1. The summed E-state index contributed by atoms with van der Waals surface area (Å²) in [5.74, 6) is -0.0106. The van der Waals surface area contributed by atoms with E-state index in [1.54, 1.807) is 40.2 Å². The normalized spacial score (nSPS) is 19.0. The first-order valence-corrected chi connectivity index (χ1v) is 8.12. The first kappa shape index (κ1) is 16.4. The van der Waals surface area contributed by atoms with Crippen LogP contribution < -0.4 is 0 Å². The molecule has 1 aliphatic heterocycles. The van der Waals surface area contributed by atoms with Crippen molar-refractivity contribution in [1.29, 1.82) is 0 Å². The van der Waals surface area contributed by atoms with E-state index >= 15 is 0 Å². The quantitative estimate of drug-likeness (QED) is 0.787. The van der Waals surface area contributed by atoms with E-state index in [0.717, 1.165) is 0 Å². The fourth-order valence-electron chi connectivity index (χ4n) is 2.93. The van der Waals surface area contributed by atoms with Crippen molar-refractivity contribution >= 4 is 11.7 Å². The molecule has 2 atom stereocenters. The zero-order valence-electron chi connectivity index (χ0n) is 13.7. The largest absolute Gasteiger partial charge is 0.377 e. The molecule has 0 saturated carbocycles. The molecule has 6 heteroatoms. The summed E-state index contributed by atoms with van der Waals surface area (Å²) in [6, 6.07) is 10.3. The van der Waals surface area contributed by atoms with Crippen LogP contribution in [0.1, 0.15) is 29.7 Å². The van der Waals surface area contributed by atoms with E-state index in [-0.39, 0.29) is 24.2 Å². The molecular formula is C18H21N3O3. The number of nitrogens with zero attached hydrogens (tertiary/aromatic N) is 3. The Hall–Kier alpha value is -2.47. The number of ketones is 1. The molecule has 0 N–H and O–H groups in total. The third-order valence-corrected chi connectivity index (χ3v) is 4.31. The fourth-order valence-corrected chi connectivity index (χ4v) is 2.93. The van der Waals surface area contributed by atoms with Gasteiger partial charge in [-0.1, -0.05) is 30.3 Å². The standard InChI is InChI=1S/C18H21N3O3/c1-14(21-9-5-8-19-21)18(23)20-10-11-24-13-16(20)12-17(22)15-6-3-2-4-7-15/h2-9,14,16H,10-13H2,1H3/t14-,16+/m0/s1. The molecule has 126 valence electrons. The number of Topliss-reactive ketones (excluding diaryl/α,β-unsaturated/α-hetero) is 1. The van der Waals surface area contributed by atoms with Gasteiger partial charge in [-0.25, -0.2) is 0 Å². The molecule has 0 aliphatic carbocycles. The van der Waals surface area contributed by atoms with Gasteiger partial charge in [0, 0.05) is 30.9 Å². The topological polar surface area (TPSA) is 64.4 Å². The molecule has 1 fully saturated rings. The number of benzene rings is 1. The maximum Gasteiger partial charge on any atom is 0.247 e. The maximum atomic E-state index is 12.8. The van der Waals surface area contributed by atoms with E-state index in [9.17, 15) is 9.59 Å². The highest BCUT2D eigenvalue weighted by Gasteiger charge is 2.32. The van der Waals surface area contributed by atoms with E-state index in [1.807, 2.05) is 25.1 Å². The van der Waals surface area contributed by atoms with E-state index in [4.69, 9.17) is 4.74 Å². The lowest BCUT2D eigenvalue weighted by atomic mass is 10.0. The van der Waals surface area contributed by atoms with Crippen LogP contribution >= 0.6 is 0 Å². The molecule has 3 rings (SSSR count). The lowest BCUT2D eigenvalue weighted by Gasteiger charge is -2.36. The molecule has 2 aromatic rings. The summed E-state index contributed by atoms with van der Waals surface area (Å²) in [7, 11) is 0. The highest BCUT2D eigenvalue weighted by molar-refractivity contribution is 5.96. The van der Waals surface area contributed by atoms with Gasteiger partial charge in [-0.05, 0) is 13.0 Å². The van der Waals surface area contributed by atoms with Crippen molar-refractivity contribution < 1.29 is 14.3 Å². The lowest BCUT2D eigenvalue weighted by Crippen LogP contribution is -2.51. The molecule has 0 bridgehead atoms. The Labute approximate surface area is 141 Å². The van der Waals surface area contributed by atoms with Crippen LogP contribution in [0, 0.1) is 0 Å². The monoisotopic (exact) mass is 327 g/mol. The van der Waals surface area contributed by atoms with Gasteiger partial charge < -0.3 is 9.64 Å². The predicted molar refractivity (Wildman–Crippen MR) is 88.6 cm³/mol. The molecule has 24 heavy (non-hydrogen) atoms. The Morgan fingerprint density at radius 1 is 1.29 bits per heavy atom. The number of morpholine rings is 1. The van der Waals surface area contributed by atoms with Gasteiger partial charge in [0.2, 0.25) is 5.91 Å². The summed E-state index contributed by atoms with van der Waals surface area (Å²) in [6.07, 6.45) is 3.69. The molecule has 1 aliphatic rings. The number of hydrogen-bond donors (Lipinski definition) is 0. The Bertz CT molecular complexity index is 685. The third-order valence-electron chi connectivity index (χ3n) is 4.31. The van der Waals surface area contributed by atoms with E-state index in [2.05, 4.69) is 5.10 Å². The number of carbonyl (C=O) groups excluding carboxylic acids is 2. The number of ether oxygens (including phenoxy) is 1. The average molecular weight is 327 g/mol. The predicted octanol–water partition coefficient (Wildman–Crippen LogP) is 1.94. The maximum absolute atomic E-state index is 12.8. The van der Waals surface area contributed by atoms with Crippen molar-refractivity contribution in [3.05, 3.63) is 54.4 Å². The van der Waals surface area contributed by atoms with Crippen molar-refractivity contribution in [3.8, 4) is 0 Å². The molecule has 6 nitrogen and oxygen atoms in total. The third kappa shape index (κ3) is 3.54. The van der Waals surface area contributed by atoms with Crippen LogP contribution in [-0.4, -0.2) is 52.2 Å². The first-order valence-electron chi connectivity index (χ1n) is 8.12. The molecule has 1 aromatic carbocycles. The summed E-state index contributed by atoms with van der Waals surface area (Å²) < 4.78 is 7.13. The Kier molecular flexibility index (Phi) is 5.05. The summed E-state index contributed by atoms with van der Waals surface area (Å²) in [5.41, 5.74) is 0.663. The number of aromatic nitrogens is 2. The van der Waals surface area contributed by atoms with Gasteiger partial charge in [0.25, 0.3) is 0 Å². The van der Waals surface area contributed by atoms with Crippen LogP contribution in [0.5, 0.6) is 0 Å². The van der Waals surface area contributed by atoms with Crippen molar-refractivity contribution in [2.45, 2.75) is 25.4 Å². The summed E-state index contributed by atoms with van der Waals surface area (Å²) in [5, 5.41) is 4.14. The minimum absolute atomic E-state index is 0.0237. The number of rotatable bonds is 5. The van der Waals surface area contributed by atoms with Gasteiger partial charge in [0.1, 0.15) is 6.04 Å². The average Bonchev–Trinajstić information content (AvgIpc) is 3.16. The second-order valence-corrected chi connectivity index (χ2v) is 5.92. The highest BCUT2D eigenvalue weighted by atomic mass is 16.5.